The SMILES string of the molecule is CC(=O)OC1C[C@@H]2/C(=C\O[C@H]3C=C(C)C(=O)O3)CN[C@@H]2C1OC(C)=O. The predicted molar refractivity (Wildman–Crippen MR) is 83.8 cm³/mol. The normalized spacial score (nSPS) is 35.2. The molecule has 1 saturated heterocycles. The molecule has 3 rings (SSSR count). The van der Waals surface area contributed by atoms with Gasteiger partial charge in [0.25, 0.3) is 6.29 Å². The summed E-state index contributed by atoms with van der Waals surface area (Å²) in [5.41, 5.74) is 1.46. The van der Waals surface area contributed by atoms with Crippen molar-refractivity contribution in [2.45, 2.75) is 51.7 Å². The Bertz CT molecular complexity index is 653. The monoisotopic (exact) mass is 351 g/mol. The first-order valence-corrected chi connectivity index (χ1v) is 8.16. The molecule has 1 N–H and O–H groups in total. The fourth-order valence-corrected chi connectivity index (χ4v) is 3.52. The molecule has 3 aliphatic rings. The van der Waals surface area contributed by atoms with E-state index in [1.54, 1.807) is 19.3 Å². The van der Waals surface area contributed by atoms with Gasteiger partial charge in [-0.15, -0.1) is 0 Å². The summed E-state index contributed by atoms with van der Waals surface area (Å²) in [6.07, 6.45) is 1.95. The number of carbonyl (C=O) groups is 3. The summed E-state index contributed by atoms with van der Waals surface area (Å²) in [5, 5.41) is 3.28. The van der Waals surface area contributed by atoms with Gasteiger partial charge in [-0.3, -0.25) is 9.59 Å². The number of cyclic esters (lactones) is 1. The highest BCUT2D eigenvalue weighted by Crippen LogP contribution is 2.39. The molecule has 0 spiro atoms. The second-order valence-electron chi connectivity index (χ2n) is 6.42. The molecule has 0 amide bonds. The van der Waals surface area contributed by atoms with Gasteiger partial charge in [0.15, 0.2) is 6.10 Å². The second-order valence-corrected chi connectivity index (χ2v) is 6.42. The molecule has 25 heavy (non-hydrogen) atoms. The van der Waals surface area contributed by atoms with Crippen molar-refractivity contribution in [3.05, 3.63) is 23.5 Å². The van der Waals surface area contributed by atoms with Gasteiger partial charge in [0, 0.05) is 38.0 Å². The molecule has 1 aliphatic carbocycles. The summed E-state index contributed by atoms with van der Waals surface area (Å²) in [4.78, 5) is 34.0. The Morgan fingerprint density at radius 3 is 2.60 bits per heavy atom. The zero-order chi connectivity index (χ0) is 18.1. The van der Waals surface area contributed by atoms with E-state index in [9.17, 15) is 14.4 Å². The molecule has 8 nitrogen and oxygen atoms in total. The first kappa shape index (κ1) is 17.5. The van der Waals surface area contributed by atoms with Crippen LogP contribution in [0.5, 0.6) is 0 Å². The standard InChI is InChI=1S/C17H21NO7/c1-8-4-14(25-17(8)21)22-7-11-6-18-15-12(11)5-13(23-9(2)19)16(15)24-10(3)20/h4,7,12-16,18H,5-6H2,1-3H3/b11-7-/t12-,13?,14-,15+,16?/m1/s1. The minimum atomic E-state index is -0.728. The van der Waals surface area contributed by atoms with Gasteiger partial charge in [0.2, 0.25) is 0 Å². The highest BCUT2D eigenvalue weighted by atomic mass is 16.7. The van der Waals surface area contributed by atoms with E-state index in [1.165, 1.54) is 13.8 Å². The van der Waals surface area contributed by atoms with E-state index in [1.807, 2.05) is 0 Å². The lowest BCUT2D eigenvalue weighted by Gasteiger charge is -2.23. The summed E-state index contributed by atoms with van der Waals surface area (Å²) in [7, 11) is 0. The van der Waals surface area contributed by atoms with Gasteiger partial charge >= 0.3 is 17.9 Å². The quantitative estimate of drug-likeness (QED) is 0.446. The molecule has 5 atom stereocenters. The van der Waals surface area contributed by atoms with Crippen LogP contribution in [0.2, 0.25) is 0 Å². The van der Waals surface area contributed by atoms with Crippen LogP contribution in [0.15, 0.2) is 23.5 Å². The molecule has 0 bridgehead atoms. The molecule has 0 aromatic heterocycles. The zero-order valence-electron chi connectivity index (χ0n) is 14.3. The maximum absolute atomic E-state index is 11.4. The predicted octanol–water partition coefficient (Wildman–Crippen LogP) is 0.571. The molecule has 2 aliphatic heterocycles. The van der Waals surface area contributed by atoms with Gasteiger partial charge in [0.05, 0.1) is 12.3 Å². The molecule has 0 radical (unpaired) electrons. The number of carbonyl (C=O) groups excluding carboxylic acids is 3. The van der Waals surface area contributed by atoms with Crippen LogP contribution in [0.25, 0.3) is 0 Å². The summed E-state index contributed by atoms with van der Waals surface area (Å²) >= 11 is 0. The van der Waals surface area contributed by atoms with E-state index in [2.05, 4.69) is 5.32 Å². The lowest BCUT2D eigenvalue weighted by molar-refractivity contribution is -0.163. The van der Waals surface area contributed by atoms with E-state index in [0.717, 1.165) is 5.57 Å². The number of rotatable bonds is 4. The molecule has 0 aromatic carbocycles. The summed E-state index contributed by atoms with van der Waals surface area (Å²) in [6, 6.07) is -0.147. The van der Waals surface area contributed by atoms with Crippen LogP contribution in [-0.2, 0) is 33.3 Å². The second kappa shape index (κ2) is 6.87. The molecule has 8 heteroatoms. The Hall–Kier alpha value is -2.35. The molecular weight excluding hydrogens is 330 g/mol. The van der Waals surface area contributed by atoms with E-state index >= 15 is 0 Å². The average molecular weight is 351 g/mol. The van der Waals surface area contributed by atoms with Gasteiger partial charge in [-0.2, -0.15) is 0 Å². The third-order valence-electron chi connectivity index (χ3n) is 4.56. The average Bonchev–Trinajstić information content (AvgIpc) is 3.14. The Morgan fingerprint density at radius 2 is 2.00 bits per heavy atom. The van der Waals surface area contributed by atoms with Crippen molar-refractivity contribution in [2.24, 2.45) is 5.92 Å². The Labute approximate surface area is 145 Å². The fraction of sp³-hybridized carbons (Fsp3) is 0.588. The maximum atomic E-state index is 11.4. The van der Waals surface area contributed by atoms with Gasteiger partial charge in [-0.05, 0) is 18.9 Å². The summed E-state index contributed by atoms with van der Waals surface area (Å²) < 4.78 is 21.2. The third kappa shape index (κ3) is 3.68. The van der Waals surface area contributed by atoms with Crippen molar-refractivity contribution < 1.29 is 33.3 Å². The molecule has 2 unspecified atom stereocenters. The number of hydrogen-bond acceptors (Lipinski definition) is 8. The Balaban J connectivity index is 1.69. The lowest BCUT2D eigenvalue weighted by atomic mass is 9.99. The molecule has 1 saturated carbocycles. The van der Waals surface area contributed by atoms with Crippen LogP contribution in [0, 0.1) is 5.92 Å². The molecule has 136 valence electrons. The Kier molecular flexibility index (Phi) is 4.80. The topological polar surface area (TPSA) is 100 Å². The largest absolute Gasteiger partial charge is 0.459 e. The van der Waals surface area contributed by atoms with Gasteiger partial charge in [-0.25, -0.2) is 4.79 Å². The lowest BCUT2D eigenvalue weighted by Crippen LogP contribution is -2.42. The van der Waals surface area contributed by atoms with Gasteiger partial charge < -0.3 is 24.3 Å². The number of nitrogens with one attached hydrogen (secondary N) is 1. The third-order valence-corrected chi connectivity index (χ3v) is 4.56. The number of fused-ring (bicyclic) bond motifs is 1. The van der Waals surface area contributed by atoms with E-state index in [4.69, 9.17) is 18.9 Å². The first-order chi connectivity index (χ1) is 11.8. The van der Waals surface area contributed by atoms with Crippen LogP contribution in [0.3, 0.4) is 0 Å². The molecule has 0 aromatic rings. The van der Waals surface area contributed by atoms with Crippen LogP contribution in [0.4, 0.5) is 0 Å². The van der Waals surface area contributed by atoms with Gasteiger partial charge in [-0.1, -0.05) is 0 Å². The van der Waals surface area contributed by atoms with Crippen LogP contribution < -0.4 is 5.32 Å². The minimum absolute atomic E-state index is 0.0101. The van der Waals surface area contributed by atoms with Crippen molar-refractivity contribution in [3.8, 4) is 0 Å². The highest BCUT2D eigenvalue weighted by Gasteiger charge is 2.51. The van der Waals surface area contributed by atoms with E-state index < -0.39 is 36.4 Å². The maximum Gasteiger partial charge on any atom is 0.336 e. The van der Waals surface area contributed by atoms with Crippen molar-refractivity contribution in [1.29, 1.82) is 0 Å². The fourth-order valence-electron chi connectivity index (χ4n) is 3.52. The summed E-state index contributed by atoms with van der Waals surface area (Å²) in [5.74, 6) is -1.22. The number of hydrogen-bond donors (Lipinski definition) is 1. The van der Waals surface area contributed by atoms with Crippen LogP contribution >= 0.6 is 0 Å². The smallest absolute Gasteiger partial charge is 0.336 e. The minimum Gasteiger partial charge on any atom is -0.459 e. The van der Waals surface area contributed by atoms with Crippen LogP contribution in [-0.4, -0.2) is 49.0 Å². The zero-order valence-corrected chi connectivity index (χ0v) is 14.3. The first-order valence-electron chi connectivity index (χ1n) is 8.16. The number of ether oxygens (including phenoxy) is 4. The molecule has 2 heterocycles. The van der Waals surface area contributed by atoms with Crippen LogP contribution in [0.1, 0.15) is 27.2 Å². The van der Waals surface area contributed by atoms with Gasteiger partial charge in [0.1, 0.15) is 6.10 Å². The van der Waals surface area contributed by atoms with Crippen molar-refractivity contribution >= 4 is 17.9 Å². The Morgan fingerprint density at radius 1 is 1.28 bits per heavy atom. The van der Waals surface area contributed by atoms with Crippen molar-refractivity contribution in [1.82, 2.24) is 5.32 Å². The molecule has 2 fully saturated rings. The van der Waals surface area contributed by atoms with Crippen molar-refractivity contribution in [2.75, 3.05) is 6.54 Å². The summed E-state index contributed by atoms with van der Waals surface area (Å²) in [6.45, 7) is 4.88. The number of esters is 3. The van der Waals surface area contributed by atoms with E-state index in [0.29, 0.717) is 18.5 Å². The van der Waals surface area contributed by atoms with E-state index in [-0.39, 0.29) is 12.0 Å². The van der Waals surface area contributed by atoms with Crippen molar-refractivity contribution in [3.63, 3.8) is 0 Å². The molecular formula is C17H21NO7. The highest BCUT2D eigenvalue weighted by molar-refractivity contribution is 5.89.